The molecule has 0 fully saturated rings. The Morgan fingerprint density at radius 2 is 1.71 bits per heavy atom. The molecule has 0 nitrogen and oxygen atoms in total. The Hall–Kier alpha value is -0.520. The molecular formula is C17H28. The highest BCUT2D eigenvalue weighted by Crippen LogP contribution is 2.57. The molecule has 0 radical (unpaired) electrons. The summed E-state index contributed by atoms with van der Waals surface area (Å²) in [7, 11) is 0. The van der Waals surface area contributed by atoms with E-state index in [1.54, 1.807) is 16.7 Å². The summed E-state index contributed by atoms with van der Waals surface area (Å²) >= 11 is 0. The van der Waals surface area contributed by atoms with Crippen molar-refractivity contribution >= 4 is 0 Å². The zero-order chi connectivity index (χ0) is 12.8. The van der Waals surface area contributed by atoms with Gasteiger partial charge in [-0.1, -0.05) is 43.6 Å². The van der Waals surface area contributed by atoms with Crippen LogP contribution in [0.4, 0.5) is 0 Å². The number of hydrogen-bond acceptors (Lipinski definition) is 0. The van der Waals surface area contributed by atoms with Gasteiger partial charge in [-0.25, -0.2) is 0 Å². The quantitative estimate of drug-likeness (QED) is 0.523. The lowest BCUT2D eigenvalue weighted by atomic mass is 9.58. The molecule has 17 heavy (non-hydrogen) atoms. The Morgan fingerprint density at radius 3 is 2.18 bits per heavy atom. The molecule has 0 aromatic carbocycles. The van der Waals surface area contributed by atoms with Gasteiger partial charge in [0.15, 0.2) is 0 Å². The van der Waals surface area contributed by atoms with E-state index < -0.39 is 0 Å². The Kier molecular flexibility index (Phi) is 3.04. The highest BCUT2D eigenvalue weighted by atomic mass is 14.5. The smallest absolute Gasteiger partial charge is 0.0111 e. The first-order valence-electron chi connectivity index (χ1n) is 7.10. The van der Waals surface area contributed by atoms with Crippen molar-refractivity contribution in [3.63, 3.8) is 0 Å². The minimum Gasteiger partial charge on any atom is -0.0847 e. The molecule has 2 aliphatic carbocycles. The SMILES string of the molecule is CC1=CCC(C2(C)CCC(C)=C(C)C2)C1(C)C. The third kappa shape index (κ3) is 2.00. The summed E-state index contributed by atoms with van der Waals surface area (Å²) in [4.78, 5) is 0. The number of hydrogen-bond donors (Lipinski definition) is 0. The van der Waals surface area contributed by atoms with Crippen LogP contribution >= 0.6 is 0 Å². The lowest BCUT2D eigenvalue weighted by Gasteiger charge is -2.46. The van der Waals surface area contributed by atoms with Crippen molar-refractivity contribution in [2.45, 2.75) is 67.2 Å². The van der Waals surface area contributed by atoms with Gasteiger partial charge in [0.25, 0.3) is 0 Å². The van der Waals surface area contributed by atoms with Crippen LogP contribution in [-0.4, -0.2) is 0 Å². The fourth-order valence-electron chi connectivity index (χ4n) is 4.11. The van der Waals surface area contributed by atoms with Crippen LogP contribution in [0.3, 0.4) is 0 Å². The molecule has 0 heteroatoms. The van der Waals surface area contributed by atoms with Crippen LogP contribution in [0.2, 0.25) is 0 Å². The van der Waals surface area contributed by atoms with Crippen molar-refractivity contribution in [3.8, 4) is 0 Å². The van der Waals surface area contributed by atoms with E-state index in [1.807, 2.05) is 0 Å². The molecule has 2 rings (SSSR count). The minimum absolute atomic E-state index is 0.403. The molecule has 0 heterocycles. The van der Waals surface area contributed by atoms with Gasteiger partial charge in [-0.2, -0.15) is 0 Å². The van der Waals surface area contributed by atoms with E-state index in [1.165, 1.54) is 25.7 Å². The second-order valence-electron chi connectivity index (χ2n) is 7.29. The molecule has 0 aromatic rings. The largest absolute Gasteiger partial charge is 0.0847 e. The van der Waals surface area contributed by atoms with Crippen molar-refractivity contribution in [3.05, 3.63) is 22.8 Å². The third-order valence-corrected chi connectivity index (χ3v) is 5.86. The van der Waals surface area contributed by atoms with E-state index in [0.717, 1.165) is 5.92 Å². The summed E-state index contributed by atoms with van der Waals surface area (Å²) in [5, 5.41) is 0. The Labute approximate surface area is 107 Å². The van der Waals surface area contributed by atoms with E-state index in [2.05, 4.69) is 47.6 Å². The standard InChI is InChI=1S/C17H28/c1-12-9-10-17(6,11-13(12)2)15-8-7-14(3)16(15,4)5/h7,15H,8-11H2,1-6H3. The fraction of sp³-hybridized carbons (Fsp3) is 0.765. The van der Waals surface area contributed by atoms with Crippen molar-refractivity contribution in [2.75, 3.05) is 0 Å². The monoisotopic (exact) mass is 232 g/mol. The topological polar surface area (TPSA) is 0 Å². The maximum Gasteiger partial charge on any atom is -0.0111 e. The number of rotatable bonds is 1. The van der Waals surface area contributed by atoms with Crippen LogP contribution in [0.15, 0.2) is 22.8 Å². The first-order chi connectivity index (χ1) is 7.77. The second-order valence-corrected chi connectivity index (χ2v) is 7.29. The van der Waals surface area contributed by atoms with Crippen LogP contribution < -0.4 is 0 Å². The average molecular weight is 232 g/mol. The predicted molar refractivity (Wildman–Crippen MR) is 76.0 cm³/mol. The summed E-state index contributed by atoms with van der Waals surface area (Å²) in [6.45, 7) is 14.4. The highest BCUT2D eigenvalue weighted by Gasteiger charge is 2.46. The maximum absolute atomic E-state index is 2.53. The normalized spacial score (nSPS) is 37.3. The van der Waals surface area contributed by atoms with E-state index in [-0.39, 0.29) is 0 Å². The van der Waals surface area contributed by atoms with E-state index >= 15 is 0 Å². The molecular weight excluding hydrogens is 204 g/mol. The van der Waals surface area contributed by atoms with Gasteiger partial charge in [0, 0.05) is 0 Å². The first-order valence-corrected chi connectivity index (χ1v) is 7.10. The molecule has 0 spiro atoms. The van der Waals surface area contributed by atoms with Gasteiger partial charge in [-0.15, -0.1) is 0 Å². The molecule has 0 saturated carbocycles. The molecule has 2 atom stereocenters. The van der Waals surface area contributed by atoms with E-state index in [4.69, 9.17) is 0 Å². The molecule has 2 unspecified atom stereocenters. The molecule has 0 aromatic heterocycles. The predicted octanol–water partition coefficient (Wildman–Crippen LogP) is 5.51. The summed E-state index contributed by atoms with van der Waals surface area (Å²) in [5.74, 6) is 0.832. The van der Waals surface area contributed by atoms with Gasteiger partial charge in [0.2, 0.25) is 0 Å². The van der Waals surface area contributed by atoms with Crippen LogP contribution in [-0.2, 0) is 0 Å². The van der Waals surface area contributed by atoms with Crippen LogP contribution in [0, 0.1) is 16.7 Å². The molecule has 0 aliphatic heterocycles. The second kappa shape index (κ2) is 4.00. The van der Waals surface area contributed by atoms with E-state index in [0.29, 0.717) is 10.8 Å². The van der Waals surface area contributed by atoms with Crippen molar-refractivity contribution in [1.82, 2.24) is 0 Å². The zero-order valence-electron chi connectivity index (χ0n) is 12.5. The molecule has 0 N–H and O–H groups in total. The van der Waals surface area contributed by atoms with Crippen LogP contribution in [0.1, 0.15) is 67.2 Å². The maximum atomic E-state index is 2.53. The fourth-order valence-corrected chi connectivity index (χ4v) is 4.11. The van der Waals surface area contributed by atoms with Crippen molar-refractivity contribution in [1.29, 1.82) is 0 Å². The Bertz CT molecular complexity index is 381. The van der Waals surface area contributed by atoms with Crippen molar-refractivity contribution < 1.29 is 0 Å². The van der Waals surface area contributed by atoms with Crippen LogP contribution in [0.5, 0.6) is 0 Å². The highest BCUT2D eigenvalue weighted by molar-refractivity contribution is 5.24. The third-order valence-electron chi connectivity index (χ3n) is 5.86. The van der Waals surface area contributed by atoms with Crippen molar-refractivity contribution in [2.24, 2.45) is 16.7 Å². The number of allylic oxidation sites excluding steroid dienone is 4. The average Bonchev–Trinajstić information content (AvgIpc) is 2.49. The molecule has 2 aliphatic rings. The Balaban J connectivity index is 2.25. The summed E-state index contributed by atoms with van der Waals surface area (Å²) in [6.07, 6.45) is 7.78. The zero-order valence-corrected chi connectivity index (χ0v) is 12.5. The molecule has 0 saturated heterocycles. The van der Waals surface area contributed by atoms with Gasteiger partial charge < -0.3 is 0 Å². The van der Waals surface area contributed by atoms with Crippen LogP contribution in [0.25, 0.3) is 0 Å². The molecule has 0 amide bonds. The lowest BCUT2D eigenvalue weighted by Crippen LogP contribution is -2.37. The van der Waals surface area contributed by atoms with Gasteiger partial charge in [-0.3, -0.25) is 0 Å². The summed E-state index contributed by atoms with van der Waals surface area (Å²) < 4.78 is 0. The minimum atomic E-state index is 0.403. The lowest BCUT2D eigenvalue weighted by molar-refractivity contribution is 0.0822. The van der Waals surface area contributed by atoms with Gasteiger partial charge in [0.05, 0.1) is 0 Å². The first kappa shape index (κ1) is 12.9. The summed E-state index contributed by atoms with van der Waals surface area (Å²) in [6, 6.07) is 0. The van der Waals surface area contributed by atoms with Gasteiger partial charge in [-0.05, 0) is 63.2 Å². The Morgan fingerprint density at radius 1 is 1.06 bits per heavy atom. The van der Waals surface area contributed by atoms with Gasteiger partial charge >= 0.3 is 0 Å². The van der Waals surface area contributed by atoms with E-state index in [9.17, 15) is 0 Å². The van der Waals surface area contributed by atoms with Gasteiger partial charge in [0.1, 0.15) is 0 Å². The summed E-state index contributed by atoms with van der Waals surface area (Å²) in [5.41, 5.74) is 5.82. The molecule has 96 valence electrons. The molecule has 0 bridgehead atoms.